The lowest BCUT2D eigenvalue weighted by Crippen LogP contribution is -2.15. The van der Waals surface area contributed by atoms with Crippen molar-refractivity contribution in [3.05, 3.63) is 0 Å². The topological polar surface area (TPSA) is 83.6 Å². The third-order valence-electron chi connectivity index (χ3n) is 0.865. The molecule has 0 aliphatic rings. The molecule has 0 aromatic heterocycles. The van der Waals surface area contributed by atoms with E-state index in [0.29, 0.717) is 0 Å². The highest BCUT2D eigenvalue weighted by Crippen LogP contribution is 2.03. The summed E-state index contributed by atoms with van der Waals surface area (Å²) in [5, 5.41) is 16.4. The van der Waals surface area contributed by atoms with Gasteiger partial charge < -0.3 is 15.9 Å². The van der Waals surface area contributed by atoms with E-state index in [-0.39, 0.29) is 42.2 Å². The van der Waals surface area contributed by atoms with Gasteiger partial charge in [-0.3, -0.25) is 4.79 Å². The Morgan fingerprint density at radius 2 is 1.18 bits per heavy atom. The number of aliphatic hydroxyl groups is 2. The minimum absolute atomic E-state index is 0. The van der Waals surface area contributed by atoms with Crippen LogP contribution >= 0.6 is 0 Å². The molecule has 0 spiro atoms. The predicted molar refractivity (Wildman–Crippen MR) is 81.1 cm³/mol. The van der Waals surface area contributed by atoms with Crippen LogP contribution in [-0.2, 0) is 4.79 Å². The minimum atomic E-state index is -0.458. The van der Waals surface area contributed by atoms with Gasteiger partial charge in [-0.15, -0.1) is 0 Å². The Morgan fingerprint density at radius 3 is 1.18 bits per heavy atom. The molecule has 4 N–H and O–H groups in total. The number of carbonyl (C=O) groups is 1. The van der Waals surface area contributed by atoms with Crippen molar-refractivity contribution in [2.45, 2.75) is 76.3 Å². The highest BCUT2D eigenvalue weighted by atomic mass is 16.3. The third kappa shape index (κ3) is 483. The van der Waals surface area contributed by atoms with Gasteiger partial charge >= 0.3 is 0 Å². The summed E-state index contributed by atoms with van der Waals surface area (Å²) in [7, 11) is 0. The van der Waals surface area contributed by atoms with Crippen molar-refractivity contribution in [2.75, 3.05) is 6.61 Å². The van der Waals surface area contributed by atoms with E-state index < -0.39 is 5.60 Å². The molecule has 0 fully saturated rings. The molecule has 0 saturated carbocycles. The van der Waals surface area contributed by atoms with Crippen LogP contribution < -0.4 is 5.73 Å². The van der Waals surface area contributed by atoms with E-state index in [9.17, 15) is 4.79 Å². The van der Waals surface area contributed by atoms with Crippen molar-refractivity contribution in [1.82, 2.24) is 0 Å². The second kappa shape index (κ2) is 29.5. The van der Waals surface area contributed by atoms with Crippen LogP contribution in [0.4, 0.5) is 0 Å². The van der Waals surface area contributed by atoms with Crippen LogP contribution in [0.2, 0.25) is 0 Å². The Balaban J connectivity index is -0.0000000166. The van der Waals surface area contributed by atoms with Gasteiger partial charge in [-0.2, -0.15) is 0 Å². The Kier molecular flexibility index (Phi) is 76.5. The zero-order valence-corrected chi connectivity index (χ0v) is 9.29. The minimum Gasteiger partial charge on any atom is -0.397 e. The largest absolute Gasteiger partial charge is 0.397 e. The Hall–Kier alpha value is -0.610. The zero-order chi connectivity index (χ0) is 11.5. The first-order chi connectivity index (χ1) is 5.71. The molecule has 0 bridgehead atoms. The van der Waals surface area contributed by atoms with Crippen LogP contribution in [-0.4, -0.2) is 28.3 Å². The number of carbonyl (C=O) groups excluding carboxylic acids is 1. The molecule has 0 aromatic rings. The van der Waals surface area contributed by atoms with Crippen LogP contribution in [0.5, 0.6) is 0 Å². The Bertz CT molecular complexity index is 106. The normalized spacial score (nSPS) is 6.76. The molecular weight excluding hydrogens is 218 g/mol. The number of primary amides is 1. The molecule has 4 heteroatoms. The van der Waals surface area contributed by atoms with Crippen molar-refractivity contribution >= 4 is 5.91 Å². The molecule has 4 nitrogen and oxygen atoms in total. The second-order valence-corrected chi connectivity index (χ2v) is 3.09. The maximum absolute atomic E-state index is 9.22. The summed E-state index contributed by atoms with van der Waals surface area (Å²) in [5.74, 6) is -0.333. The zero-order valence-electron chi connectivity index (χ0n) is 9.29. The van der Waals surface area contributed by atoms with E-state index in [4.69, 9.17) is 10.2 Å². The number of hydrogen-bond donors (Lipinski definition) is 3. The molecule has 0 heterocycles. The van der Waals surface area contributed by atoms with Crippen LogP contribution in [0.25, 0.3) is 0 Å². The summed E-state index contributed by atoms with van der Waals surface area (Å²) in [4.78, 5) is 9.22. The van der Waals surface area contributed by atoms with E-state index >= 15 is 0 Å². The molecule has 0 unspecified atom stereocenters. The molecule has 1 amide bonds. The third-order valence-corrected chi connectivity index (χ3v) is 0.865. The first-order valence-corrected chi connectivity index (χ1v) is 4.30. The molecule has 0 aliphatic heterocycles. The lowest BCUT2D eigenvalue weighted by Gasteiger charge is -2.11. The maximum atomic E-state index is 9.22. The number of aliphatic hydroxyl groups excluding tert-OH is 1. The monoisotopic (exact) mass is 257 g/mol. The second-order valence-electron chi connectivity index (χ2n) is 3.09. The van der Waals surface area contributed by atoms with E-state index in [2.05, 4.69) is 5.73 Å². The van der Waals surface area contributed by atoms with Crippen LogP contribution in [0.15, 0.2) is 0 Å². The van der Waals surface area contributed by atoms with Gasteiger partial charge in [-0.1, -0.05) is 36.6 Å². The molecule has 0 atom stereocenters. The van der Waals surface area contributed by atoms with E-state index in [0.717, 1.165) is 6.42 Å². The standard InChI is InChI=1S/C5H12O.C2H5NO.C2H6O.4CH4/c1-4-5(2,3)6;1-2(3)4;1-2-3;;;;/h6H,4H2,1-3H3;1H3,(H2,3,4);3H,2H2,1H3;4*1H4. The van der Waals surface area contributed by atoms with Gasteiger partial charge in [-0.25, -0.2) is 0 Å². The number of amides is 1. The van der Waals surface area contributed by atoms with Crippen molar-refractivity contribution in [3.8, 4) is 0 Å². The van der Waals surface area contributed by atoms with Crippen LogP contribution in [0.3, 0.4) is 0 Å². The summed E-state index contributed by atoms with van der Waals surface area (Å²) in [6, 6.07) is 0. The average Bonchev–Trinajstić information content (AvgIpc) is 1.86. The van der Waals surface area contributed by atoms with Gasteiger partial charge in [0.25, 0.3) is 0 Å². The molecular formula is C13H39NO3. The van der Waals surface area contributed by atoms with E-state index in [1.54, 1.807) is 20.8 Å². The SMILES string of the molecule is C.C.C.C.CC(N)=O.CCC(C)(C)O.CCO. The van der Waals surface area contributed by atoms with Crippen molar-refractivity contribution in [3.63, 3.8) is 0 Å². The highest BCUT2D eigenvalue weighted by Gasteiger charge is 2.05. The summed E-state index contributed by atoms with van der Waals surface area (Å²) < 4.78 is 0. The van der Waals surface area contributed by atoms with E-state index in [1.807, 2.05) is 6.92 Å². The van der Waals surface area contributed by atoms with Crippen molar-refractivity contribution in [1.29, 1.82) is 0 Å². The van der Waals surface area contributed by atoms with Crippen LogP contribution in [0, 0.1) is 0 Å². The Labute approximate surface area is 110 Å². The van der Waals surface area contributed by atoms with Gasteiger partial charge in [0, 0.05) is 13.5 Å². The quantitative estimate of drug-likeness (QED) is 0.674. The first kappa shape index (κ1) is 44.0. The molecule has 0 aromatic carbocycles. The molecule has 0 radical (unpaired) electrons. The predicted octanol–water partition coefficient (Wildman–Crippen LogP) is 3.20. The number of hydrogen-bond acceptors (Lipinski definition) is 3. The number of rotatable bonds is 1. The lowest BCUT2D eigenvalue weighted by atomic mass is 10.1. The molecule has 0 aliphatic carbocycles. The van der Waals surface area contributed by atoms with Gasteiger partial charge in [0.15, 0.2) is 0 Å². The smallest absolute Gasteiger partial charge is 0.214 e. The van der Waals surface area contributed by atoms with Gasteiger partial charge in [-0.05, 0) is 27.2 Å². The van der Waals surface area contributed by atoms with E-state index in [1.165, 1.54) is 6.92 Å². The molecule has 17 heavy (non-hydrogen) atoms. The van der Waals surface area contributed by atoms with Crippen LogP contribution in [0.1, 0.15) is 70.7 Å². The summed E-state index contributed by atoms with van der Waals surface area (Å²) >= 11 is 0. The van der Waals surface area contributed by atoms with Gasteiger partial charge in [0.05, 0.1) is 5.60 Å². The maximum Gasteiger partial charge on any atom is 0.214 e. The summed E-state index contributed by atoms with van der Waals surface area (Å²) in [5.41, 5.74) is 4.01. The first-order valence-electron chi connectivity index (χ1n) is 4.30. The highest BCUT2D eigenvalue weighted by molar-refractivity contribution is 5.70. The molecule has 0 rings (SSSR count). The lowest BCUT2D eigenvalue weighted by molar-refractivity contribution is -0.115. The fraction of sp³-hybridized carbons (Fsp3) is 0.923. The molecule has 0 saturated heterocycles. The molecule has 114 valence electrons. The average molecular weight is 257 g/mol. The van der Waals surface area contributed by atoms with Crippen molar-refractivity contribution in [2.24, 2.45) is 5.73 Å². The summed E-state index contributed by atoms with van der Waals surface area (Å²) in [6.45, 7) is 8.79. The Morgan fingerprint density at radius 1 is 1.12 bits per heavy atom. The fourth-order valence-electron chi connectivity index (χ4n) is 0. The number of nitrogens with two attached hydrogens (primary N) is 1. The van der Waals surface area contributed by atoms with Gasteiger partial charge in [0.1, 0.15) is 0 Å². The summed E-state index contributed by atoms with van der Waals surface area (Å²) in [6.07, 6.45) is 0.826. The van der Waals surface area contributed by atoms with Gasteiger partial charge in [0.2, 0.25) is 5.91 Å². The fourth-order valence-corrected chi connectivity index (χ4v) is 0. The van der Waals surface area contributed by atoms with Crippen molar-refractivity contribution < 1.29 is 15.0 Å².